The lowest BCUT2D eigenvalue weighted by atomic mass is 10.1. The van der Waals surface area contributed by atoms with Crippen LogP contribution >= 0.6 is 11.7 Å². The van der Waals surface area contributed by atoms with Crippen LogP contribution in [0.1, 0.15) is 36.0 Å². The van der Waals surface area contributed by atoms with Gasteiger partial charge in [0, 0.05) is 29.9 Å². The molecule has 8 heteroatoms. The molecule has 4 aromatic rings. The van der Waals surface area contributed by atoms with E-state index in [0.717, 1.165) is 58.6 Å². The van der Waals surface area contributed by atoms with Gasteiger partial charge in [-0.25, -0.2) is 0 Å². The first-order chi connectivity index (χ1) is 15.3. The summed E-state index contributed by atoms with van der Waals surface area (Å²) in [7, 11) is 0. The minimum Gasteiger partial charge on any atom is -0.355 e. The van der Waals surface area contributed by atoms with E-state index in [1.54, 1.807) is 12.1 Å². The molecule has 1 N–H and O–H groups in total. The van der Waals surface area contributed by atoms with E-state index in [9.17, 15) is 4.79 Å². The zero-order chi connectivity index (χ0) is 21.0. The molecule has 2 aromatic heterocycles. The monoisotopic (exact) mass is 430 g/mol. The summed E-state index contributed by atoms with van der Waals surface area (Å²) in [5, 5.41) is 11.8. The Labute approximate surface area is 184 Å². The van der Waals surface area contributed by atoms with E-state index in [1.807, 2.05) is 42.5 Å². The van der Waals surface area contributed by atoms with Crippen molar-refractivity contribution >= 4 is 40.2 Å². The summed E-state index contributed by atoms with van der Waals surface area (Å²) in [5.74, 6) is 0.769. The molecule has 5 rings (SSSR count). The summed E-state index contributed by atoms with van der Waals surface area (Å²) >= 11 is 1.14. The molecule has 1 aliphatic rings. The van der Waals surface area contributed by atoms with E-state index in [0.29, 0.717) is 5.56 Å². The van der Waals surface area contributed by atoms with E-state index in [2.05, 4.69) is 29.2 Å². The molecule has 7 nitrogen and oxygen atoms in total. The van der Waals surface area contributed by atoms with Crippen LogP contribution in [0, 0.1) is 0 Å². The maximum atomic E-state index is 12.6. The van der Waals surface area contributed by atoms with Gasteiger partial charge in [0.2, 0.25) is 0 Å². The number of nitrogens with zero attached hydrogens (tertiary/aromatic N) is 5. The number of nitrogens with one attached hydrogen (secondary N) is 1. The van der Waals surface area contributed by atoms with Crippen molar-refractivity contribution in [3.8, 4) is 11.3 Å². The average molecular weight is 431 g/mol. The van der Waals surface area contributed by atoms with Gasteiger partial charge in [0.25, 0.3) is 5.91 Å². The van der Waals surface area contributed by atoms with Crippen molar-refractivity contribution in [3.63, 3.8) is 0 Å². The number of amides is 1. The van der Waals surface area contributed by atoms with Gasteiger partial charge in [-0.1, -0.05) is 25.0 Å². The number of carbonyl (C=O) groups excluding carboxylic acids is 1. The molecule has 1 fully saturated rings. The minimum absolute atomic E-state index is 0.177. The Balaban J connectivity index is 1.26. The largest absolute Gasteiger partial charge is 0.355 e. The lowest BCUT2D eigenvalue weighted by Crippen LogP contribution is -2.25. The number of fused-ring (bicyclic) bond motifs is 1. The average Bonchev–Trinajstić information content (AvgIpc) is 3.12. The standard InChI is InChI=1S/C23H22N6OS/c30-23(17-7-10-20-21(15-17)28-31-27-20)24-18-8-5-16(6-9-18)19-11-12-22(26-25-19)29-13-3-1-2-4-14-29/h5-12,15H,1-4,13-14H2,(H,24,30). The van der Waals surface area contributed by atoms with Crippen LogP contribution in [0.5, 0.6) is 0 Å². The number of benzene rings is 2. The normalized spacial score (nSPS) is 14.4. The molecule has 1 amide bonds. The lowest BCUT2D eigenvalue weighted by molar-refractivity contribution is 0.102. The van der Waals surface area contributed by atoms with Gasteiger partial charge >= 0.3 is 0 Å². The number of aromatic nitrogens is 4. The Morgan fingerprint density at radius 2 is 1.61 bits per heavy atom. The molecule has 1 saturated heterocycles. The second-order valence-corrected chi connectivity index (χ2v) is 8.21. The first-order valence-electron chi connectivity index (χ1n) is 10.5. The van der Waals surface area contributed by atoms with Crippen molar-refractivity contribution in [3.05, 3.63) is 60.2 Å². The first-order valence-corrected chi connectivity index (χ1v) is 11.2. The highest BCUT2D eigenvalue weighted by Gasteiger charge is 2.12. The third-order valence-electron chi connectivity index (χ3n) is 5.54. The SMILES string of the molecule is O=C(Nc1ccc(-c2ccc(N3CCCCCC3)nn2)cc1)c1ccc2nsnc2c1. The first kappa shape index (κ1) is 19.6. The Hall–Kier alpha value is -3.39. The molecule has 0 radical (unpaired) electrons. The van der Waals surface area contributed by atoms with Crippen LogP contribution in [0.4, 0.5) is 11.5 Å². The van der Waals surface area contributed by atoms with E-state index in [4.69, 9.17) is 0 Å². The zero-order valence-corrected chi connectivity index (χ0v) is 17.8. The van der Waals surface area contributed by atoms with Crippen molar-refractivity contribution < 1.29 is 4.79 Å². The van der Waals surface area contributed by atoms with Crippen LogP contribution < -0.4 is 10.2 Å². The molecule has 1 aliphatic heterocycles. The Morgan fingerprint density at radius 3 is 2.35 bits per heavy atom. The fourth-order valence-electron chi connectivity index (χ4n) is 3.80. The number of carbonyl (C=O) groups is 1. The molecule has 2 aromatic carbocycles. The molecule has 0 atom stereocenters. The third-order valence-corrected chi connectivity index (χ3v) is 6.09. The highest BCUT2D eigenvalue weighted by Crippen LogP contribution is 2.23. The zero-order valence-electron chi connectivity index (χ0n) is 17.0. The summed E-state index contributed by atoms with van der Waals surface area (Å²) in [6.07, 6.45) is 5.01. The summed E-state index contributed by atoms with van der Waals surface area (Å²) < 4.78 is 8.35. The van der Waals surface area contributed by atoms with Crippen molar-refractivity contribution in [2.45, 2.75) is 25.7 Å². The summed E-state index contributed by atoms with van der Waals surface area (Å²) in [6, 6.07) is 17.0. The number of hydrogen-bond acceptors (Lipinski definition) is 7. The maximum absolute atomic E-state index is 12.6. The summed E-state index contributed by atoms with van der Waals surface area (Å²) in [6.45, 7) is 2.10. The smallest absolute Gasteiger partial charge is 0.255 e. The van der Waals surface area contributed by atoms with Crippen LogP contribution in [0.15, 0.2) is 54.6 Å². The van der Waals surface area contributed by atoms with Crippen molar-refractivity contribution in [1.29, 1.82) is 0 Å². The van der Waals surface area contributed by atoms with Gasteiger partial charge in [-0.3, -0.25) is 4.79 Å². The quantitative estimate of drug-likeness (QED) is 0.502. The van der Waals surface area contributed by atoms with Crippen LogP contribution in [0.3, 0.4) is 0 Å². The molecule has 31 heavy (non-hydrogen) atoms. The summed E-state index contributed by atoms with van der Waals surface area (Å²) in [4.78, 5) is 14.9. The van der Waals surface area contributed by atoms with Crippen molar-refractivity contribution in [2.75, 3.05) is 23.3 Å². The van der Waals surface area contributed by atoms with E-state index in [1.165, 1.54) is 25.7 Å². The van der Waals surface area contributed by atoms with Gasteiger partial charge in [0.05, 0.1) is 17.4 Å². The van der Waals surface area contributed by atoms with Gasteiger partial charge in [-0.15, -0.1) is 10.2 Å². The highest BCUT2D eigenvalue weighted by molar-refractivity contribution is 7.00. The predicted octanol–water partition coefficient (Wildman–Crippen LogP) is 4.78. The third kappa shape index (κ3) is 4.39. The molecule has 0 spiro atoms. The van der Waals surface area contributed by atoms with Gasteiger partial charge in [0.15, 0.2) is 5.82 Å². The molecule has 0 saturated carbocycles. The Morgan fingerprint density at radius 1 is 0.839 bits per heavy atom. The second kappa shape index (κ2) is 8.77. The molecular formula is C23H22N6OS. The fraction of sp³-hybridized carbons (Fsp3) is 0.261. The molecule has 0 unspecified atom stereocenters. The van der Waals surface area contributed by atoms with Crippen molar-refractivity contribution in [2.24, 2.45) is 0 Å². The van der Waals surface area contributed by atoms with E-state index < -0.39 is 0 Å². The Bertz CT molecular complexity index is 1180. The van der Waals surface area contributed by atoms with Crippen molar-refractivity contribution in [1.82, 2.24) is 18.9 Å². The fourth-order valence-corrected chi connectivity index (χ4v) is 4.32. The highest BCUT2D eigenvalue weighted by atomic mass is 32.1. The Kier molecular flexibility index (Phi) is 5.54. The summed E-state index contributed by atoms with van der Waals surface area (Å²) in [5.41, 5.74) is 4.59. The van der Waals surface area contributed by atoms with Gasteiger partial charge < -0.3 is 10.2 Å². The number of hydrogen-bond donors (Lipinski definition) is 1. The van der Waals surface area contributed by atoms with E-state index in [-0.39, 0.29) is 5.91 Å². The van der Waals surface area contributed by atoms with Gasteiger partial charge in [0.1, 0.15) is 11.0 Å². The minimum atomic E-state index is -0.177. The second-order valence-electron chi connectivity index (χ2n) is 7.68. The van der Waals surface area contributed by atoms with E-state index >= 15 is 0 Å². The number of anilines is 2. The molecule has 0 aliphatic carbocycles. The van der Waals surface area contributed by atoms with Crippen LogP contribution in [0.25, 0.3) is 22.3 Å². The predicted molar refractivity (Wildman–Crippen MR) is 124 cm³/mol. The molecular weight excluding hydrogens is 408 g/mol. The number of rotatable bonds is 4. The van der Waals surface area contributed by atoms with Crippen LogP contribution in [0.2, 0.25) is 0 Å². The van der Waals surface area contributed by atoms with Gasteiger partial charge in [-0.05, 0) is 55.3 Å². The van der Waals surface area contributed by atoms with Gasteiger partial charge in [-0.2, -0.15) is 8.75 Å². The molecule has 3 heterocycles. The van der Waals surface area contributed by atoms with Crippen LogP contribution in [-0.4, -0.2) is 37.9 Å². The molecule has 156 valence electrons. The topological polar surface area (TPSA) is 83.9 Å². The lowest BCUT2D eigenvalue weighted by Gasteiger charge is -2.20. The van der Waals surface area contributed by atoms with Crippen LogP contribution in [-0.2, 0) is 0 Å². The molecule has 0 bridgehead atoms. The maximum Gasteiger partial charge on any atom is 0.255 e.